The van der Waals surface area contributed by atoms with Crippen LogP contribution < -0.4 is 0 Å². The van der Waals surface area contributed by atoms with Gasteiger partial charge in [-0.25, -0.2) is 0 Å². The number of aryl methyl sites for hydroxylation is 2. The molecule has 86 valence electrons. The summed E-state index contributed by atoms with van der Waals surface area (Å²) in [7, 11) is 2.02. The highest BCUT2D eigenvalue weighted by Gasteiger charge is 2.10. The largest absolute Gasteiger partial charge is 0.268 e. The zero-order valence-corrected chi connectivity index (χ0v) is 10.6. The molecule has 0 spiro atoms. The summed E-state index contributed by atoms with van der Waals surface area (Å²) in [6.45, 7) is 6.58. The van der Waals surface area contributed by atoms with Crippen molar-refractivity contribution < 1.29 is 0 Å². The summed E-state index contributed by atoms with van der Waals surface area (Å²) < 4.78 is 1.98. The summed E-state index contributed by atoms with van der Waals surface area (Å²) in [4.78, 5) is 0. The Morgan fingerprint density at radius 2 is 1.94 bits per heavy atom. The molecule has 0 aliphatic rings. The van der Waals surface area contributed by atoms with Gasteiger partial charge in [-0.15, -0.1) is 0 Å². The van der Waals surface area contributed by atoms with Crippen molar-refractivity contribution in [1.82, 2.24) is 9.78 Å². The lowest BCUT2D eigenvalue weighted by Crippen LogP contribution is -1.96. The van der Waals surface area contributed by atoms with Gasteiger partial charge in [0.15, 0.2) is 0 Å². The van der Waals surface area contributed by atoms with Gasteiger partial charge in [0, 0.05) is 12.4 Å². The Hall–Kier alpha value is -1.31. The predicted octanol–water partition coefficient (Wildman–Crippen LogP) is 3.79. The van der Waals surface area contributed by atoms with Crippen LogP contribution in [0.3, 0.4) is 0 Å². The summed E-state index contributed by atoms with van der Waals surface area (Å²) in [5, 5.41) is 5.73. The van der Waals surface area contributed by atoms with Crippen LogP contribution in [0.1, 0.15) is 43.9 Å². The average molecular weight is 216 g/mol. The topological polar surface area (TPSA) is 17.8 Å². The molecule has 0 unspecified atom stereocenters. The van der Waals surface area contributed by atoms with Crippen LogP contribution in [-0.2, 0) is 7.05 Å². The molecule has 0 bridgehead atoms. The van der Waals surface area contributed by atoms with Gasteiger partial charge in [0.05, 0.1) is 11.2 Å². The van der Waals surface area contributed by atoms with E-state index >= 15 is 0 Å². The van der Waals surface area contributed by atoms with Crippen LogP contribution >= 0.6 is 0 Å². The van der Waals surface area contributed by atoms with E-state index in [-0.39, 0.29) is 0 Å². The van der Waals surface area contributed by atoms with Gasteiger partial charge in [-0.3, -0.25) is 4.68 Å². The summed E-state index contributed by atoms with van der Waals surface area (Å²) in [5.74, 6) is 0.680. The Labute approximate surface area is 97.3 Å². The highest BCUT2D eigenvalue weighted by molar-refractivity contribution is 5.82. The van der Waals surface area contributed by atoms with Gasteiger partial charge in [-0.2, -0.15) is 5.10 Å². The second-order valence-corrected chi connectivity index (χ2v) is 4.50. The van der Waals surface area contributed by atoms with Gasteiger partial charge in [-0.05, 0) is 37.3 Å². The van der Waals surface area contributed by atoms with Gasteiger partial charge in [0.2, 0.25) is 0 Å². The second kappa shape index (κ2) is 4.28. The maximum absolute atomic E-state index is 4.46. The lowest BCUT2D eigenvalue weighted by molar-refractivity contribution is 0.642. The maximum atomic E-state index is 4.46. The third kappa shape index (κ3) is 1.73. The molecule has 0 saturated carbocycles. The number of fused-ring (bicyclic) bond motifs is 1. The van der Waals surface area contributed by atoms with Crippen molar-refractivity contribution in [1.29, 1.82) is 0 Å². The fourth-order valence-corrected chi connectivity index (χ4v) is 2.47. The molecule has 1 aromatic carbocycles. The average Bonchev–Trinajstić information content (AvgIpc) is 2.57. The van der Waals surface area contributed by atoms with Crippen LogP contribution in [0.15, 0.2) is 18.2 Å². The lowest BCUT2D eigenvalue weighted by atomic mass is 9.93. The summed E-state index contributed by atoms with van der Waals surface area (Å²) >= 11 is 0. The number of hydrogen-bond acceptors (Lipinski definition) is 1. The third-order valence-electron chi connectivity index (χ3n) is 3.52. The van der Waals surface area contributed by atoms with Crippen molar-refractivity contribution in [2.45, 2.75) is 39.5 Å². The minimum Gasteiger partial charge on any atom is -0.268 e. The highest BCUT2D eigenvalue weighted by atomic mass is 15.3. The molecular formula is C14H20N2. The number of hydrogen-bond donors (Lipinski definition) is 0. The van der Waals surface area contributed by atoms with Crippen molar-refractivity contribution in [3.05, 3.63) is 29.5 Å². The molecule has 0 radical (unpaired) electrons. The Morgan fingerprint density at radius 1 is 1.25 bits per heavy atom. The van der Waals surface area contributed by atoms with Crippen LogP contribution in [0.5, 0.6) is 0 Å². The van der Waals surface area contributed by atoms with E-state index in [0.717, 1.165) is 5.69 Å². The molecule has 0 fully saturated rings. The number of aromatic nitrogens is 2. The van der Waals surface area contributed by atoms with Crippen molar-refractivity contribution in [2.75, 3.05) is 0 Å². The Kier molecular flexibility index (Phi) is 2.99. The fourth-order valence-electron chi connectivity index (χ4n) is 2.47. The molecule has 0 N–H and O–H groups in total. The first-order valence-electron chi connectivity index (χ1n) is 6.10. The SMILES string of the molecule is CCC(CC)c1ccc2c(C)nn(C)c2c1. The molecule has 0 saturated heterocycles. The molecular weight excluding hydrogens is 196 g/mol. The van der Waals surface area contributed by atoms with Crippen LogP contribution in [0.2, 0.25) is 0 Å². The normalized spacial score (nSPS) is 11.6. The van der Waals surface area contributed by atoms with E-state index in [2.05, 4.69) is 44.1 Å². The van der Waals surface area contributed by atoms with Crippen LogP contribution in [-0.4, -0.2) is 9.78 Å². The number of benzene rings is 1. The van der Waals surface area contributed by atoms with Gasteiger partial charge in [-0.1, -0.05) is 26.0 Å². The smallest absolute Gasteiger partial charge is 0.0684 e. The standard InChI is InChI=1S/C14H20N2/c1-5-11(6-2)12-7-8-13-10(3)15-16(4)14(13)9-12/h7-9,11H,5-6H2,1-4H3. The minimum absolute atomic E-state index is 0.680. The molecule has 0 aliphatic heterocycles. The van der Waals surface area contributed by atoms with E-state index in [4.69, 9.17) is 0 Å². The summed E-state index contributed by atoms with van der Waals surface area (Å²) in [5.41, 5.74) is 3.82. The monoisotopic (exact) mass is 216 g/mol. The van der Waals surface area contributed by atoms with Gasteiger partial charge in [0.1, 0.15) is 0 Å². The Bertz CT molecular complexity index is 493. The molecule has 1 heterocycles. The van der Waals surface area contributed by atoms with Crippen molar-refractivity contribution in [3.63, 3.8) is 0 Å². The second-order valence-electron chi connectivity index (χ2n) is 4.50. The minimum atomic E-state index is 0.680. The lowest BCUT2D eigenvalue weighted by Gasteiger charge is -2.12. The van der Waals surface area contributed by atoms with E-state index in [9.17, 15) is 0 Å². The molecule has 2 rings (SSSR count). The van der Waals surface area contributed by atoms with E-state index in [0.29, 0.717) is 5.92 Å². The highest BCUT2D eigenvalue weighted by Crippen LogP contribution is 2.27. The van der Waals surface area contributed by atoms with E-state index in [1.54, 1.807) is 0 Å². The van der Waals surface area contributed by atoms with Gasteiger partial charge >= 0.3 is 0 Å². The quantitative estimate of drug-likeness (QED) is 0.763. The zero-order chi connectivity index (χ0) is 11.7. The molecule has 0 atom stereocenters. The Morgan fingerprint density at radius 3 is 2.56 bits per heavy atom. The first-order valence-corrected chi connectivity index (χ1v) is 6.10. The first-order chi connectivity index (χ1) is 7.67. The van der Waals surface area contributed by atoms with E-state index in [1.165, 1.54) is 29.3 Å². The molecule has 2 aromatic rings. The third-order valence-corrected chi connectivity index (χ3v) is 3.52. The van der Waals surface area contributed by atoms with E-state index < -0.39 is 0 Å². The Balaban J connectivity index is 2.55. The summed E-state index contributed by atoms with van der Waals surface area (Å²) in [6.07, 6.45) is 2.41. The molecule has 1 aromatic heterocycles. The van der Waals surface area contributed by atoms with Crippen molar-refractivity contribution in [2.24, 2.45) is 7.05 Å². The van der Waals surface area contributed by atoms with Gasteiger partial charge < -0.3 is 0 Å². The molecule has 2 heteroatoms. The van der Waals surface area contributed by atoms with Gasteiger partial charge in [0.25, 0.3) is 0 Å². The van der Waals surface area contributed by atoms with E-state index in [1.807, 2.05) is 11.7 Å². The molecule has 0 aliphatic carbocycles. The maximum Gasteiger partial charge on any atom is 0.0684 e. The first kappa shape index (κ1) is 11.2. The van der Waals surface area contributed by atoms with Crippen LogP contribution in [0.4, 0.5) is 0 Å². The summed E-state index contributed by atoms with van der Waals surface area (Å²) in [6, 6.07) is 6.77. The van der Waals surface area contributed by atoms with Crippen LogP contribution in [0, 0.1) is 6.92 Å². The molecule has 16 heavy (non-hydrogen) atoms. The molecule has 0 amide bonds. The zero-order valence-electron chi connectivity index (χ0n) is 10.6. The van der Waals surface area contributed by atoms with Crippen molar-refractivity contribution in [3.8, 4) is 0 Å². The number of rotatable bonds is 3. The van der Waals surface area contributed by atoms with Crippen molar-refractivity contribution >= 4 is 10.9 Å². The predicted molar refractivity (Wildman–Crippen MR) is 68.8 cm³/mol. The number of nitrogens with zero attached hydrogens (tertiary/aromatic N) is 2. The fraction of sp³-hybridized carbons (Fsp3) is 0.500. The van der Waals surface area contributed by atoms with Crippen LogP contribution in [0.25, 0.3) is 10.9 Å². The molecule has 2 nitrogen and oxygen atoms in total.